The molecule has 0 bridgehead atoms. The Morgan fingerprint density at radius 1 is 1.50 bits per heavy atom. The standard InChI is InChI=1S/C14H25N3S/c1-5-14(6-2)7-8-17(10-14)13-16-12(9-18-13)11(3)15-4/h9,11,15H,5-8,10H2,1-4H3. The number of anilines is 1. The maximum atomic E-state index is 4.78. The molecule has 1 aliphatic heterocycles. The van der Waals surface area contributed by atoms with Crippen LogP contribution in [-0.4, -0.2) is 25.1 Å². The summed E-state index contributed by atoms with van der Waals surface area (Å²) in [4.78, 5) is 7.25. The minimum atomic E-state index is 0.347. The third-order valence-electron chi connectivity index (χ3n) is 4.60. The van der Waals surface area contributed by atoms with Crippen molar-refractivity contribution in [1.82, 2.24) is 10.3 Å². The molecule has 1 unspecified atom stereocenters. The van der Waals surface area contributed by atoms with Gasteiger partial charge < -0.3 is 10.2 Å². The zero-order valence-corrected chi connectivity index (χ0v) is 12.8. The van der Waals surface area contributed by atoms with Crippen molar-refractivity contribution in [3.63, 3.8) is 0 Å². The molecule has 0 aliphatic carbocycles. The van der Waals surface area contributed by atoms with Gasteiger partial charge in [0.05, 0.1) is 5.69 Å². The van der Waals surface area contributed by atoms with Crippen LogP contribution in [0.3, 0.4) is 0 Å². The molecule has 1 aromatic rings. The second kappa shape index (κ2) is 5.57. The fourth-order valence-electron chi connectivity index (χ4n) is 2.69. The summed E-state index contributed by atoms with van der Waals surface area (Å²) in [7, 11) is 1.98. The molecule has 102 valence electrons. The molecule has 0 amide bonds. The summed E-state index contributed by atoms with van der Waals surface area (Å²) in [5.41, 5.74) is 1.70. The molecule has 1 atom stereocenters. The van der Waals surface area contributed by atoms with Gasteiger partial charge in [-0.15, -0.1) is 11.3 Å². The van der Waals surface area contributed by atoms with Gasteiger partial charge in [-0.05, 0) is 38.6 Å². The van der Waals surface area contributed by atoms with Crippen molar-refractivity contribution in [2.24, 2.45) is 5.41 Å². The molecule has 1 aliphatic rings. The topological polar surface area (TPSA) is 28.2 Å². The minimum Gasteiger partial charge on any atom is -0.348 e. The Bertz CT molecular complexity index is 384. The molecule has 1 N–H and O–H groups in total. The van der Waals surface area contributed by atoms with Gasteiger partial charge in [0, 0.05) is 24.5 Å². The zero-order valence-electron chi connectivity index (χ0n) is 12.0. The van der Waals surface area contributed by atoms with Gasteiger partial charge in [0.15, 0.2) is 5.13 Å². The monoisotopic (exact) mass is 267 g/mol. The van der Waals surface area contributed by atoms with E-state index in [1.807, 2.05) is 7.05 Å². The number of nitrogens with one attached hydrogen (secondary N) is 1. The van der Waals surface area contributed by atoms with E-state index in [4.69, 9.17) is 4.98 Å². The maximum Gasteiger partial charge on any atom is 0.185 e. The average molecular weight is 267 g/mol. The molecule has 2 heterocycles. The zero-order chi connectivity index (χ0) is 13.2. The molecule has 2 rings (SSSR count). The van der Waals surface area contributed by atoms with Crippen molar-refractivity contribution in [3.8, 4) is 0 Å². The molecular weight excluding hydrogens is 242 g/mol. The SMILES string of the molecule is CCC1(CC)CCN(c2nc(C(C)NC)cs2)C1. The molecule has 1 aromatic heterocycles. The third kappa shape index (κ3) is 2.54. The summed E-state index contributed by atoms with van der Waals surface area (Å²) in [6, 6.07) is 0.347. The molecule has 0 saturated carbocycles. The molecule has 0 radical (unpaired) electrons. The van der Waals surface area contributed by atoms with Crippen LogP contribution < -0.4 is 10.2 Å². The van der Waals surface area contributed by atoms with E-state index in [0.29, 0.717) is 11.5 Å². The highest BCUT2D eigenvalue weighted by molar-refractivity contribution is 7.13. The van der Waals surface area contributed by atoms with Crippen LogP contribution in [0.2, 0.25) is 0 Å². The highest BCUT2D eigenvalue weighted by atomic mass is 32.1. The first-order valence-corrected chi connectivity index (χ1v) is 7.89. The van der Waals surface area contributed by atoms with Crippen molar-refractivity contribution >= 4 is 16.5 Å². The lowest BCUT2D eigenvalue weighted by Crippen LogP contribution is -2.26. The molecule has 1 fully saturated rings. The van der Waals surface area contributed by atoms with Crippen molar-refractivity contribution in [3.05, 3.63) is 11.1 Å². The Hall–Kier alpha value is -0.610. The summed E-state index contributed by atoms with van der Waals surface area (Å²) in [6.45, 7) is 9.15. The van der Waals surface area contributed by atoms with Crippen molar-refractivity contribution in [1.29, 1.82) is 0 Å². The van der Waals surface area contributed by atoms with Crippen LogP contribution in [0.4, 0.5) is 5.13 Å². The van der Waals surface area contributed by atoms with E-state index in [0.717, 1.165) is 0 Å². The van der Waals surface area contributed by atoms with Crippen LogP contribution in [0.15, 0.2) is 5.38 Å². The van der Waals surface area contributed by atoms with Crippen molar-refractivity contribution in [2.45, 2.75) is 46.1 Å². The lowest BCUT2D eigenvalue weighted by molar-refractivity contribution is 0.301. The fourth-order valence-corrected chi connectivity index (χ4v) is 3.64. The van der Waals surface area contributed by atoms with E-state index in [9.17, 15) is 0 Å². The van der Waals surface area contributed by atoms with Crippen LogP contribution in [0, 0.1) is 5.41 Å². The summed E-state index contributed by atoms with van der Waals surface area (Å²) in [5.74, 6) is 0. The van der Waals surface area contributed by atoms with Gasteiger partial charge in [-0.1, -0.05) is 13.8 Å². The van der Waals surface area contributed by atoms with E-state index in [-0.39, 0.29) is 0 Å². The van der Waals surface area contributed by atoms with E-state index >= 15 is 0 Å². The number of nitrogens with zero attached hydrogens (tertiary/aromatic N) is 2. The highest BCUT2D eigenvalue weighted by Gasteiger charge is 2.35. The van der Waals surface area contributed by atoms with Gasteiger partial charge >= 0.3 is 0 Å². The van der Waals surface area contributed by atoms with E-state index in [2.05, 4.69) is 36.4 Å². The van der Waals surface area contributed by atoms with Gasteiger partial charge in [0.25, 0.3) is 0 Å². The second-order valence-electron chi connectivity index (χ2n) is 5.44. The lowest BCUT2D eigenvalue weighted by Gasteiger charge is -2.26. The maximum absolute atomic E-state index is 4.78. The van der Waals surface area contributed by atoms with Crippen LogP contribution in [0.25, 0.3) is 0 Å². The Morgan fingerprint density at radius 2 is 2.22 bits per heavy atom. The van der Waals surface area contributed by atoms with Crippen LogP contribution in [0.5, 0.6) is 0 Å². The molecule has 0 spiro atoms. The Balaban J connectivity index is 2.07. The van der Waals surface area contributed by atoms with Gasteiger partial charge in [-0.2, -0.15) is 0 Å². The summed E-state index contributed by atoms with van der Waals surface area (Å²) >= 11 is 1.79. The molecule has 1 saturated heterocycles. The van der Waals surface area contributed by atoms with E-state index in [1.54, 1.807) is 11.3 Å². The molecule has 18 heavy (non-hydrogen) atoms. The summed E-state index contributed by atoms with van der Waals surface area (Å²) < 4.78 is 0. The average Bonchev–Trinajstić information content (AvgIpc) is 3.04. The Labute approximate surface area is 115 Å². The minimum absolute atomic E-state index is 0.347. The van der Waals surface area contributed by atoms with Gasteiger partial charge in [0.1, 0.15) is 0 Å². The van der Waals surface area contributed by atoms with Gasteiger partial charge in [0.2, 0.25) is 0 Å². The first kappa shape index (κ1) is 13.8. The first-order chi connectivity index (χ1) is 8.64. The fraction of sp³-hybridized carbons (Fsp3) is 0.786. The number of hydrogen-bond donors (Lipinski definition) is 1. The van der Waals surface area contributed by atoms with Crippen molar-refractivity contribution in [2.75, 3.05) is 25.0 Å². The molecule has 0 aromatic carbocycles. The summed E-state index contributed by atoms with van der Waals surface area (Å²) in [5, 5.41) is 6.64. The summed E-state index contributed by atoms with van der Waals surface area (Å²) in [6.07, 6.45) is 3.88. The normalized spacial score (nSPS) is 20.3. The molecule has 4 heteroatoms. The van der Waals surface area contributed by atoms with Gasteiger partial charge in [-0.3, -0.25) is 0 Å². The first-order valence-electron chi connectivity index (χ1n) is 7.01. The van der Waals surface area contributed by atoms with E-state index < -0.39 is 0 Å². The Kier molecular flexibility index (Phi) is 4.28. The number of thiazole rings is 1. The number of hydrogen-bond acceptors (Lipinski definition) is 4. The van der Waals surface area contributed by atoms with Crippen LogP contribution in [0.1, 0.15) is 51.8 Å². The van der Waals surface area contributed by atoms with Crippen molar-refractivity contribution < 1.29 is 0 Å². The smallest absolute Gasteiger partial charge is 0.185 e. The number of aromatic nitrogens is 1. The van der Waals surface area contributed by atoms with Crippen LogP contribution >= 0.6 is 11.3 Å². The molecule has 3 nitrogen and oxygen atoms in total. The van der Waals surface area contributed by atoms with Gasteiger partial charge in [-0.25, -0.2) is 4.98 Å². The Morgan fingerprint density at radius 3 is 2.78 bits per heavy atom. The van der Waals surface area contributed by atoms with Crippen LogP contribution in [-0.2, 0) is 0 Å². The number of rotatable bonds is 5. The molecular formula is C14H25N3S. The quantitative estimate of drug-likeness (QED) is 0.886. The van der Waals surface area contributed by atoms with E-state index in [1.165, 1.54) is 43.2 Å². The lowest BCUT2D eigenvalue weighted by atomic mass is 9.82. The predicted octanol–water partition coefficient (Wildman–Crippen LogP) is 3.44. The third-order valence-corrected chi connectivity index (χ3v) is 5.51. The second-order valence-corrected chi connectivity index (χ2v) is 6.28. The predicted molar refractivity (Wildman–Crippen MR) is 79.4 cm³/mol. The highest BCUT2D eigenvalue weighted by Crippen LogP contribution is 2.39. The largest absolute Gasteiger partial charge is 0.348 e.